The third-order valence-electron chi connectivity index (χ3n) is 13.7. The molecule has 9 rings (SSSR count). The van der Waals surface area contributed by atoms with Gasteiger partial charge in [-0.2, -0.15) is 0 Å². The van der Waals surface area contributed by atoms with Gasteiger partial charge in [-0.05, 0) is 154 Å². The quantitative estimate of drug-likeness (QED) is 0.160. The van der Waals surface area contributed by atoms with Gasteiger partial charge in [0.15, 0.2) is 0 Å². The van der Waals surface area contributed by atoms with Crippen molar-refractivity contribution in [3.8, 4) is 0 Å². The minimum atomic E-state index is -0.0300. The maximum atomic E-state index is 2.62. The molecule has 0 spiro atoms. The Morgan fingerprint density at radius 2 is 0.825 bits per heavy atom. The summed E-state index contributed by atoms with van der Waals surface area (Å²) in [4.78, 5) is 7.73. The number of rotatable bonds is 5. The Morgan fingerprint density at radius 1 is 0.381 bits per heavy atom. The van der Waals surface area contributed by atoms with Crippen LogP contribution in [0.25, 0.3) is 0 Å². The van der Waals surface area contributed by atoms with E-state index in [1.54, 1.807) is 0 Å². The fourth-order valence-electron chi connectivity index (χ4n) is 10.2. The van der Waals surface area contributed by atoms with Crippen molar-refractivity contribution in [2.75, 3.05) is 14.7 Å². The van der Waals surface area contributed by atoms with E-state index in [0.29, 0.717) is 0 Å². The monoisotopic (exact) mass is 826 g/mol. The Balaban J connectivity index is 1.47. The molecule has 0 radical (unpaired) electrons. The zero-order valence-corrected chi connectivity index (χ0v) is 40.1. The van der Waals surface area contributed by atoms with Crippen molar-refractivity contribution in [2.45, 2.75) is 113 Å². The predicted molar refractivity (Wildman–Crippen MR) is 275 cm³/mol. The van der Waals surface area contributed by atoms with Crippen LogP contribution in [0.3, 0.4) is 0 Å². The van der Waals surface area contributed by atoms with E-state index in [1.807, 2.05) is 0 Å². The van der Waals surface area contributed by atoms with Gasteiger partial charge in [0.1, 0.15) is 0 Å². The molecule has 2 aliphatic rings. The van der Waals surface area contributed by atoms with Gasteiger partial charge in [-0.3, -0.25) is 0 Å². The van der Waals surface area contributed by atoms with Gasteiger partial charge in [-0.1, -0.05) is 153 Å². The van der Waals surface area contributed by atoms with Crippen LogP contribution in [0, 0.1) is 34.6 Å². The van der Waals surface area contributed by atoms with Crippen LogP contribution in [0.1, 0.15) is 107 Å². The molecule has 0 aliphatic carbocycles. The first-order chi connectivity index (χ1) is 29.7. The summed E-state index contributed by atoms with van der Waals surface area (Å²) in [6.07, 6.45) is 0. The average Bonchev–Trinajstić information content (AvgIpc) is 3.22. The fourth-order valence-corrected chi connectivity index (χ4v) is 10.2. The van der Waals surface area contributed by atoms with Crippen molar-refractivity contribution in [3.05, 3.63) is 178 Å². The number of benzene rings is 7. The van der Waals surface area contributed by atoms with E-state index in [-0.39, 0.29) is 23.0 Å². The van der Waals surface area contributed by atoms with Crippen LogP contribution in [0.4, 0.5) is 51.2 Å². The molecule has 4 heteroatoms. The van der Waals surface area contributed by atoms with Gasteiger partial charge in [0.25, 0.3) is 6.71 Å². The minimum absolute atomic E-state index is 0.000732. The molecule has 0 bridgehead atoms. The number of anilines is 9. The van der Waals surface area contributed by atoms with Crippen molar-refractivity contribution in [2.24, 2.45) is 0 Å². The molecule has 2 heterocycles. The molecule has 0 N–H and O–H groups in total. The number of aryl methyl sites for hydroxylation is 5. The molecule has 7 aromatic carbocycles. The van der Waals surface area contributed by atoms with E-state index >= 15 is 0 Å². The summed E-state index contributed by atoms with van der Waals surface area (Å²) in [5.41, 5.74) is 25.1. The molecule has 0 atom stereocenters. The molecular weight excluding hydrogens is 761 g/mol. The van der Waals surface area contributed by atoms with Crippen molar-refractivity contribution in [3.63, 3.8) is 0 Å². The third kappa shape index (κ3) is 7.16. The second kappa shape index (κ2) is 15.1. The second-order valence-corrected chi connectivity index (χ2v) is 21.4. The van der Waals surface area contributed by atoms with Gasteiger partial charge in [-0.25, -0.2) is 0 Å². The molecule has 63 heavy (non-hydrogen) atoms. The molecule has 0 amide bonds. The van der Waals surface area contributed by atoms with Crippen LogP contribution in [-0.4, -0.2) is 6.71 Å². The first kappa shape index (κ1) is 42.3. The molecular formula is C59H64BN3. The van der Waals surface area contributed by atoms with E-state index in [1.165, 1.54) is 101 Å². The Morgan fingerprint density at radius 3 is 1.33 bits per heavy atom. The Hall–Kier alpha value is -6.00. The maximum Gasteiger partial charge on any atom is 0.252 e. The predicted octanol–water partition coefficient (Wildman–Crippen LogP) is 14.7. The van der Waals surface area contributed by atoms with Gasteiger partial charge >= 0.3 is 0 Å². The van der Waals surface area contributed by atoms with Crippen LogP contribution in [0.2, 0.25) is 0 Å². The van der Waals surface area contributed by atoms with Crippen molar-refractivity contribution in [1.29, 1.82) is 0 Å². The van der Waals surface area contributed by atoms with Gasteiger partial charge < -0.3 is 14.7 Å². The zero-order valence-electron chi connectivity index (χ0n) is 40.1. The highest BCUT2D eigenvalue weighted by Crippen LogP contribution is 2.50. The SMILES string of the molecule is Cc1ccccc1N1c2ccc(C(C)(C)C)cc2B2c3cc(C(C)(C)C)ccc3N(c3c(C)cccc3C)c3cc(N(c4ccc(C(C)(C)C)cc4)c4c(C)cccc4C)cc1c32. The number of fused-ring (bicyclic) bond motifs is 4. The smallest absolute Gasteiger partial charge is 0.252 e. The van der Waals surface area contributed by atoms with Gasteiger partial charge in [0, 0.05) is 34.1 Å². The summed E-state index contributed by atoms with van der Waals surface area (Å²) in [5.74, 6) is 0. The standard InChI is InChI=1S/C59H64BN3/c1-37-19-15-16-24-49(37)62-50-31-27-43(58(9,10)11)33-47(50)60-48-34-44(59(12,13)14)28-32-51(48)63(56-40(4)22-18-23-41(56)5)53-36-46(35-52(62)54(53)60)61(55-38(2)20-17-21-39(55)3)45-29-25-42(26-30-45)57(6,7)8/h15-36H,1-14H3. The molecule has 0 aromatic heterocycles. The minimum Gasteiger partial charge on any atom is -0.311 e. The van der Waals surface area contributed by atoms with Crippen LogP contribution in [0.5, 0.6) is 0 Å². The van der Waals surface area contributed by atoms with E-state index < -0.39 is 0 Å². The number of hydrogen-bond donors (Lipinski definition) is 0. The molecule has 7 aromatic rings. The molecule has 318 valence electrons. The van der Waals surface area contributed by atoms with Crippen LogP contribution in [-0.2, 0) is 16.2 Å². The topological polar surface area (TPSA) is 9.72 Å². The lowest BCUT2D eigenvalue weighted by atomic mass is 9.33. The van der Waals surface area contributed by atoms with Crippen molar-refractivity contribution in [1.82, 2.24) is 0 Å². The van der Waals surface area contributed by atoms with E-state index in [2.05, 4.69) is 245 Å². The Kier molecular flexibility index (Phi) is 10.1. The highest BCUT2D eigenvalue weighted by atomic mass is 15.2. The first-order valence-electron chi connectivity index (χ1n) is 22.9. The molecule has 0 fully saturated rings. The normalized spacial score (nSPS) is 13.5. The summed E-state index contributed by atoms with van der Waals surface area (Å²) in [5, 5.41) is 0. The van der Waals surface area contributed by atoms with E-state index in [4.69, 9.17) is 0 Å². The lowest BCUT2D eigenvalue weighted by Crippen LogP contribution is -2.61. The maximum absolute atomic E-state index is 2.62. The fraction of sp³-hybridized carbons (Fsp3) is 0.288. The molecule has 2 aliphatic heterocycles. The lowest BCUT2D eigenvalue weighted by molar-refractivity contribution is 0.590. The Labute approximate surface area is 378 Å². The number of nitrogens with zero attached hydrogens (tertiary/aromatic N) is 3. The summed E-state index contributed by atoms with van der Waals surface area (Å²) in [7, 11) is 0. The zero-order chi connectivity index (χ0) is 44.9. The van der Waals surface area contributed by atoms with Gasteiger partial charge in [0.05, 0.1) is 17.1 Å². The van der Waals surface area contributed by atoms with Gasteiger partial charge in [0.2, 0.25) is 0 Å². The average molecular weight is 826 g/mol. The summed E-state index contributed by atoms with van der Waals surface area (Å²) in [6.45, 7) is 32.3. The first-order valence-corrected chi connectivity index (χ1v) is 22.9. The second-order valence-electron chi connectivity index (χ2n) is 21.4. The largest absolute Gasteiger partial charge is 0.311 e. The summed E-state index contributed by atoms with van der Waals surface area (Å²) >= 11 is 0. The summed E-state index contributed by atoms with van der Waals surface area (Å²) in [6, 6.07) is 51.4. The van der Waals surface area contributed by atoms with Crippen LogP contribution < -0.4 is 31.1 Å². The molecule has 0 saturated heterocycles. The van der Waals surface area contributed by atoms with Crippen molar-refractivity contribution < 1.29 is 0 Å². The number of hydrogen-bond acceptors (Lipinski definition) is 3. The third-order valence-corrected chi connectivity index (χ3v) is 13.7. The molecule has 0 saturated carbocycles. The Bertz CT molecular complexity index is 2880. The molecule has 3 nitrogen and oxygen atoms in total. The highest BCUT2D eigenvalue weighted by molar-refractivity contribution is 7.00. The number of para-hydroxylation sites is 3. The van der Waals surface area contributed by atoms with E-state index in [9.17, 15) is 0 Å². The highest BCUT2D eigenvalue weighted by Gasteiger charge is 2.45. The van der Waals surface area contributed by atoms with Gasteiger partial charge in [-0.15, -0.1) is 0 Å². The van der Waals surface area contributed by atoms with E-state index in [0.717, 1.165) is 11.4 Å². The molecule has 0 unspecified atom stereocenters. The van der Waals surface area contributed by atoms with Crippen molar-refractivity contribution >= 4 is 74.3 Å². The summed E-state index contributed by atoms with van der Waals surface area (Å²) < 4.78 is 0. The lowest BCUT2D eigenvalue weighted by Gasteiger charge is -2.46. The van der Waals surface area contributed by atoms with Crippen LogP contribution >= 0.6 is 0 Å². The van der Waals surface area contributed by atoms with Crippen LogP contribution in [0.15, 0.2) is 133 Å².